The third-order valence-electron chi connectivity index (χ3n) is 1.80. The molecule has 0 spiro atoms. The zero-order chi connectivity index (χ0) is 15.6. The van der Waals surface area contributed by atoms with E-state index in [1.807, 2.05) is 0 Å². The second-order valence-electron chi connectivity index (χ2n) is 3.58. The van der Waals surface area contributed by atoms with Gasteiger partial charge in [0.2, 0.25) is 5.91 Å². The Morgan fingerprint density at radius 1 is 1.26 bits per heavy atom. The number of nitrogens with one attached hydrogen (secondary N) is 1. The van der Waals surface area contributed by atoms with E-state index in [2.05, 4.69) is 0 Å². The van der Waals surface area contributed by atoms with Crippen molar-refractivity contribution in [3.05, 3.63) is 0 Å². The van der Waals surface area contributed by atoms with Crippen LogP contribution in [0.3, 0.4) is 0 Å². The number of primary amides is 1. The Labute approximate surface area is 109 Å². The molecule has 10 heteroatoms. The number of hydrogen-bond acceptors (Lipinski definition) is 5. The number of nitrogens with zero attached hydrogens (tertiary/aromatic N) is 1. The van der Waals surface area contributed by atoms with Gasteiger partial charge in [-0.2, -0.15) is 0 Å². The number of carbonyl (C=O) groups is 3. The van der Waals surface area contributed by atoms with E-state index in [4.69, 9.17) is 32.8 Å². The van der Waals surface area contributed by atoms with Crippen molar-refractivity contribution in [2.75, 3.05) is 13.6 Å². The van der Waals surface area contributed by atoms with Crippen LogP contribution in [0.1, 0.15) is 12.8 Å². The highest BCUT2D eigenvalue weighted by atomic mass is 16.4. The molecule has 0 fully saturated rings. The number of carboxylic acid groups (broad SMARTS) is 2. The first-order valence-electron chi connectivity index (χ1n) is 5.11. The third kappa shape index (κ3) is 13.6. The minimum Gasteiger partial charge on any atom is -0.480 e. The highest BCUT2D eigenvalue weighted by molar-refractivity contribution is 5.80. The minimum absolute atomic E-state index is 0.0213. The number of rotatable bonds is 6. The van der Waals surface area contributed by atoms with Crippen LogP contribution < -0.4 is 17.2 Å². The molecule has 1 amide bonds. The number of hydrogen-bond donors (Lipinski definition) is 6. The van der Waals surface area contributed by atoms with Crippen molar-refractivity contribution in [1.82, 2.24) is 4.90 Å². The van der Waals surface area contributed by atoms with Crippen LogP contribution >= 0.6 is 0 Å². The molecule has 0 aliphatic carbocycles. The van der Waals surface area contributed by atoms with Crippen LogP contribution in [0.25, 0.3) is 0 Å². The molecule has 0 aliphatic rings. The first-order valence-corrected chi connectivity index (χ1v) is 5.11. The lowest BCUT2D eigenvalue weighted by Crippen LogP contribution is -2.36. The number of aliphatic carboxylic acids is 2. The Morgan fingerprint density at radius 3 is 1.95 bits per heavy atom. The Kier molecular flexibility index (Phi) is 9.64. The molecule has 0 aromatic rings. The largest absolute Gasteiger partial charge is 0.480 e. The zero-order valence-electron chi connectivity index (χ0n) is 10.5. The highest BCUT2D eigenvalue weighted by Gasteiger charge is 2.11. The van der Waals surface area contributed by atoms with Gasteiger partial charge in [0, 0.05) is 13.5 Å². The van der Waals surface area contributed by atoms with Gasteiger partial charge in [-0.25, -0.2) is 0 Å². The van der Waals surface area contributed by atoms with E-state index in [0.29, 0.717) is 0 Å². The standard InChI is InChI=1S/C5H10N2O3.C4H9N3O2/c6-3(5(9)10)1-2-4(7)8;1-7(4(5)6)2-3(8)9/h3H,1-2,6H2,(H2,7,8)(H,9,10);2H2,1H3,(H3,5,6)(H,8,9). The summed E-state index contributed by atoms with van der Waals surface area (Å²) in [5, 5.41) is 23.1. The van der Waals surface area contributed by atoms with Gasteiger partial charge < -0.3 is 32.3 Å². The fourth-order valence-electron chi connectivity index (χ4n) is 0.709. The Morgan fingerprint density at radius 2 is 1.74 bits per heavy atom. The van der Waals surface area contributed by atoms with Crippen LogP contribution in [0, 0.1) is 5.41 Å². The number of nitrogens with two attached hydrogens (primary N) is 3. The number of carboxylic acids is 2. The van der Waals surface area contributed by atoms with Crippen molar-refractivity contribution < 1.29 is 24.6 Å². The summed E-state index contributed by atoms with van der Waals surface area (Å²) in [5.74, 6) is -2.87. The Bertz CT molecular complexity index is 346. The van der Waals surface area contributed by atoms with E-state index in [0.717, 1.165) is 4.90 Å². The zero-order valence-corrected chi connectivity index (χ0v) is 10.5. The van der Waals surface area contributed by atoms with E-state index in [-0.39, 0.29) is 25.3 Å². The summed E-state index contributed by atoms with van der Waals surface area (Å²) in [4.78, 5) is 31.2. The van der Waals surface area contributed by atoms with Crippen LogP contribution in [0.4, 0.5) is 0 Å². The second kappa shape index (κ2) is 9.65. The van der Waals surface area contributed by atoms with Gasteiger partial charge in [-0.1, -0.05) is 0 Å². The van der Waals surface area contributed by atoms with E-state index < -0.39 is 23.9 Å². The van der Waals surface area contributed by atoms with Crippen molar-refractivity contribution in [2.24, 2.45) is 17.2 Å². The first-order chi connectivity index (χ1) is 8.57. The van der Waals surface area contributed by atoms with Crippen molar-refractivity contribution in [3.63, 3.8) is 0 Å². The van der Waals surface area contributed by atoms with Gasteiger partial charge in [-0.3, -0.25) is 19.8 Å². The summed E-state index contributed by atoms with van der Waals surface area (Å²) in [6.45, 7) is -0.227. The molecule has 0 aromatic carbocycles. The molecule has 0 rings (SSSR count). The minimum atomic E-state index is -1.11. The van der Waals surface area contributed by atoms with Gasteiger partial charge >= 0.3 is 11.9 Å². The van der Waals surface area contributed by atoms with Crippen LogP contribution in [-0.2, 0) is 14.4 Å². The van der Waals surface area contributed by atoms with E-state index in [1.54, 1.807) is 0 Å². The molecular formula is C9H19N5O5. The van der Waals surface area contributed by atoms with E-state index in [1.165, 1.54) is 7.05 Å². The number of likely N-dealkylation sites (N-methyl/N-ethyl adjacent to an activating group) is 1. The molecule has 1 atom stereocenters. The smallest absolute Gasteiger partial charge is 0.323 e. The van der Waals surface area contributed by atoms with Gasteiger partial charge in [0.25, 0.3) is 0 Å². The molecule has 0 heterocycles. The molecule has 0 radical (unpaired) electrons. The summed E-state index contributed by atoms with van der Waals surface area (Å²) in [5.41, 5.74) is 14.7. The van der Waals surface area contributed by atoms with Crippen LogP contribution in [-0.4, -0.2) is 58.6 Å². The molecule has 19 heavy (non-hydrogen) atoms. The maximum atomic E-state index is 10.1. The topological polar surface area (TPSA) is 197 Å². The molecule has 110 valence electrons. The molecule has 9 N–H and O–H groups in total. The van der Waals surface area contributed by atoms with Gasteiger partial charge in [0.15, 0.2) is 5.96 Å². The van der Waals surface area contributed by atoms with Crippen molar-refractivity contribution in [1.29, 1.82) is 5.41 Å². The molecular weight excluding hydrogens is 258 g/mol. The lowest BCUT2D eigenvalue weighted by atomic mass is 10.2. The molecule has 1 unspecified atom stereocenters. The van der Waals surface area contributed by atoms with Crippen LogP contribution in [0.15, 0.2) is 0 Å². The number of amides is 1. The Hall–Kier alpha value is -2.36. The van der Waals surface area contributed by atoms with E-state index >= 15 is 0 Å². The average molecular weight is 277 g/mol. The molecule has 0 aromatic heterocycles. The SMILES string of the molecule is CN(CC(=O)O)C(=N)N.NC(=O)CCC(N)C(=O)O. The predicted octanol–water partition coefficient (Wildman–Crippen LogP) is -2.44. The van der Waals surface area contributed by atoms with Gasteiger partial charge in [0.05, 0.1) is 0 Å². The molecule has 0 saturated heterocycles. The summed E-state index contributed by atoms with van der Waals surface area (Å²) in [6.07, 6.45) is 0.123. The second-order valence-corrected chi connectivity index (χ2v) is 3.58. The number of carbonyl (C=O) groups excluding carboxylic acids is 1. The predicted molar refractivity (Wildman–Crippen MR) is 66.2 cm³/mol. The van der Waals surface area contributed by atoms with Crippen molar-refractivity contribution in [3.8, 4) is 0 Å². The number of guanidine groups is 1. The average Bonchev–Trinajstić information content (AvgIpc) is 2.25. The van der Waals surface area contributed by atoms with Crippen LogP contribution in [0.5, 0.6) is 0 Å². The van der Waals surface area contributed by atoms with Crippen molar-refractivity contribution >= 4 is 23.8 Å². The summed E-state index contributed by atoms with van der Waals surface area (Å²) in [7, 11) is 1.44. The summed E-state index contributed by atoms with van der Waals surface area (Å²) in [6, 6.07) is -0.979. The fourth-order valence-corrected chi connectivity index (χ4v) is 0.709. The first kappa shape index (κ1) is 19.0. The maximum Gasteiger partial charge on any atom is 0.323 e. The third-order valence-corrected chi connectivity index (χ3v) is 1.80. The monoisotopic (exact) mass is 277 g/mol. The lowest BCUT2D eigenvalue weighted by Gasteiger charge is -2.12. The highest BCUT2D eigenvalue weighted by Crippen LogP contribution is 1.92. The lowest BCUT2D eigenvalue weighted by molar-refractivity contribution is -0.139. The van der Waals surface area contributed by atoms with Crippen molar-refractivity contribution in [2.45, 2.75) is 18.9 Å². The molecule has 0 aliphatic heterocycles. The maximum absolute atomic E-state index is 10.1. The Balaban J connectivity index is 0. The fraction of sp³-hybridized carbons (Fsp3) is 0.556. The van der Waals surface area contributed by atoms with Gasteiger partial charge in [-0.05, 0) is 6.42 Å². The van der Waals surface area contributed by atoms with Gasteiger partial charge in [-0.15, -0.1) is 0 Å². The molecule has 10 nitrogen and oxygen atoms in total. The van der Waals surface area contributed by atoms with Gasteiger partial charge in [0.1, 0.15) is 12.6 Å². The quantitative estimate of drug-likeness (QED) is 0.227. The van der Waals surface area contributed by atoms with Crippen LogP contribution in [0.2, 0.25) is 0 Å². The van der Waals surface area contributed by atoms with E-state index in [9.17, 15) is 14.4 Å². The summed E-state index contributed by atoms with van der Waals surface area (Å²) >= 11 is 0. The normalized spacial score (nSPS) is 10.6. The molecule has 0 bridgehead atoms. The molecule has 0 saturated carbocycles. The summed E-state index contributed by atoms with van der Waals surface area (Å²) < 4.78 is 0.